The Hall–Kier alpha value is -3.33. The van der Waals surface area contributed by atoms with Gasteiger partial charge in [-0.25, -0.2) is 4.98 Å². The van der Waals surface area contributed by atoms with Gasteiger partial charge in [-0.1, -0.05) is 12.1 Å². The van der Waals surface area contributed by atoms with E-state index in [1.165, 1.54) is 0 Å². The fraction of sp³-hybridized carbons (Fsp3) is 0.0625. The molecule has 108 valence electrons. The number of nitrogen functional groups attached to an aromatic ring is 1. The first-order valence-electron chi connectivity index (χ1n) is 6.58. The van der Waals surface area contributed by atoms with Crippen molar-refractivity contribution in [1.29, 1.82) is 5.26 Å². The van der Waals surface area contributed by atoms with Crippen LogP contribution in [0, 0.1) is 11.3 Å². The highest BCUT2D eigenvalue weighted by molar-refractivity contribution is 5.78. The lowest BCUT2D eigenvalue weighted by molar-refractivity contribution is 0.475. The number of benzene rings is 1. The van der Waals surface area contributed by atoms with E-state index in [1.807, 2.05) is 12.1 Å². The molecular weight excluding hydrogens is 278 g/mol. The molecule has 0 fully saturated rings. The lowest BCUT2D eigenvalue weighted by Crippen LogP contribution is -2.00. The van der Waals surface area contributed by atoms with E-state index in [0.29, 0.717) is 28.1 Å². The maximum absolute atomic E-state index is 9.61. The third-order valence-electron chi connectivity index (χ3n) is 3.29. The van der Waals surface area contributed by atoms with Crippen molar-refractivity contribution in [1.82, 2.24) is 14.8 Å². The summed E-state index contributed by atoms with van der Waals surface area (Å²) < 4.78 is 1.65. The third-order valence-corrected chi connectivity index (χ3v) is 3.29. The Morgan fingerprint density at radius 3 is 2.68 bits per heavy atom. The van der Waals surface area contributed by atoms with Crippen molar-refractivity contribution < 1.29 is 5.11 Å². The van der Waals surface area contributed by atoms with Crippen molar-refractivity contribution >= 4 is 5.82 Å². The molecule has 0 saturated heterocycles. The predicted octanol–water partition coefficient (Wildman–Crippen LogP) is 2.31. The lowest BCUT2D eigenvalue weighted by atomic mass is 10.0. The van der Waals surface area contributed by atoms with E-state index in [2.05, 4.69) is 16.2 Å². The quantitative estimate of drug-likeness (QED) is 0.754. The van der Waals surface area contributed by atoms with Crippen LogP contribution in [0.25, 0.3) is 22.5 Å². The van der Waals surface area contributed by atoms with E-state index in [4.69, 9.17) is 5.73 Å². The van der Waals surface area contributed by atoms with Gasteiger partial charge in [0, 0.05) is 24.4 Å². The van der Waals surface area contributed by atoms with Crippen LogP contribution in [0.1, 0.15) is 5.56 Å². The Labute approximate surface area is 127 Å². The van der Waals surface area contributed by atoms with E-state index >= 15 is 0 Å². The average molecular weight is 291 g/mol. The highest BCUT2D eigenvalue weighted by atomic mass is 16.3. The first-order chi connectivity index (χ1) is 10.6. The fourth-order valence-corrected chi connectivity index (χ4v) is 2.26. The van der Waals surface area contributed by atoms with Crippen molar-refractivity contribution in [3.8, 4) is 34.3 Å². The minimum Gasteiger partial charge on any atom is -0.508 e. The Bertz CT molecular complexity index is 892. The second-order valence-corrected chi connectivity index (χ2v) is 4.85. The molecule has 0 atom stereocenters. The van der Waals surface area contributed by atoms with Crippen LogP contribution in [0.3, 0.4) is 0 Å². The molecular formula is C16H13N5O. The second-order valence-electron chi connectivity index (χ2n) is 4.85. The summed E-state index contributed by atoms with van der Waals surface area (Å²) in [7, 11) is 1.80. The Morgan fingerprint density at radius 1 is 1.23 bits per heavy atom. The minimum atomic E-state index is 0.140. The van der Waals surface area contributed by atoms with Gasteiger partial charge in [0.1, 0.15) is 23.2 Å². The molecule has 3 N–H and O–H groups in total. The van der Waals surface area contributed by atoms with E-state index < -0.39 is 0 Å². The standard InChI is InChI=1S/C16H13N5O/c1-21-6-5-14(20-21)12-8-15(19-16(18)13(12)9-17)10-3-2-4-11(22)7-10/h2-8,22H,1H3,(H2,18,19). The number of rotatable bonds is 2. The molecule has 1 aromatic carbocycles. The number of anilines is 1. The van der Waals surface area contributed by atoms with Crippen LogP contribution in [0.15, 0.2) is 42.6 Å². The number of nitrogens with two attached hydrogens (primary N) is 1. The van der Waals surface area contributed by atoms with Crippen molar-refractivity contribution in [2.75, 3.05) is 5.73 Å². The number of hydrogen-bond acceptors (Lipinski definition) is 5. The minimum absolute atomic E-state index is 0.140. The predicted molar refractivity (Wildman–Crippen MR) is 82.7 cm³/mol. The molecule has 6 heteroatoms. The van der Waals surface area contributed by atoms with Crippen LogP contribution in [0.5, 0.6) is 5.75 Å². The van der Waals surface area contributed by atoms with Gasteiger partial charge in [-0.3, -0.25) is 4.68 Å². The van der Waals surface area contributed by atoms with Crippen LogP contribution < -0.4 is 5.73 Å². The number of aromatic nitrogens is 3. The molecule has 0 spiro atoms. The van der Waals surface area contributed by atoms with Gasteiger partial charge >= 0.3 is 0 Å². The largest absolute Gasteiger partial charge is 0.508 e. The first kappa shape index (κ1) is 13.6. The Kier molecular flexibility index (Phi) is 3.24. The molecule has 0 aliphatic heterocycles. The summed E-state index contributed by atoms with van der Waals surface area (Å²) in [5.74, 6) is 0.283. The molecule has 0 aliphatic carbocycles. The first-order valence-corrected chi connectivity index (χ1v) is 6.58. The number of aryl methyl sites for hydroxylation is 1. The fourth-order valence-electron chi connectivity index (χ4n) is 2.26. The van der Waals surface area contributed by atoms with Gasteiger partial charge in [0.2, 0.25) is 0 Å². The Balaban J connectivity index is 2.23. The number of phenols is 1. The zero-order chi connectivity index (χ0) is 15.7. The maximum atomic E-state index is 9.61. The summed E-state index contributed by atoms with van der Waals surface area (Å²) in [6.45, 7) is 0. The van der Waals surface area contributed by atoms with Gasteiger partial charge in [-0.05, 0) is 24.3 Å². The lowest BCUT2D eigenvalue weighted by Gasteiger charge is -2.08. The van der Waals surface area contributed by atoms with Crippen LogP contribution in [0.4, 0.5) is 5.82 Å². The Morgan fingerprint density at radius 2 is 2.05 bits per heavy atom. The van der Waals surface area contributed by atoms with Crippen LogP contribution in [-0.2, 0) is 7.05 Å². The summed E-state index contributed by atoms with van der Waals surface area (Å²) in [4.78, 5) is 4.26. The molecule has 0 unspecified atom stereocenters. The summed E-state index contributed by atoms with van der Waals surface area (Å²) in [5.41, 5.74) is 8.78. The maximum Gasteiger partial charge on any atom is 0.142 e. The topological polar surface area (TPSA) is 101 Å². The third kappa shape index (κ3) is 2.36. The average Bonchev–Trinajstić information content (AvgIpc) is 2.93. The number of hydrogen-bond donors (Lipinski definition) is 2. The highest BCUT2D eigenvalue weighted by Gasteiger charge is 2.15. The molecule has 0 aliphatic rings. The van der Waals surface area contributed by atoms with Crippen molar-refractivity contribution in [3.05, 3.63) is 48.2 Å². The summed E-state index contributed by atoms with van der Waals surface area (Å²) >= 11 is 0. The normalized spacial score (nSPS) is 10.4. The smallest absolute Gasteiger partial charge is 0.142 e. The molecule has 0 bridgehead atoms. The molecule has 2 aromatic heterocycles. The van der Waals surface area contributed by atoms with E-state index in [1.54, 1.807) is 42.2 Å². The van der Waals surface area contributed by atoms with Gasteiger partial charge in [-0.15, -0.1) is 0 Å². The molecule has 0 saturated carbocycles. The monoisotopic (exact) mass is 291 g/mol. The highest BCUT2D eigenvalue weighted by Crippen LogP contribution is 2.31. The molecule has 0 amide bonds. The number of pyridine rings is 1. The molecule has 3 aromatic rings. The SMILES string of the molecule is Cn1ccc(-c2cc(-c3cccc(O)c3)nc(N)c2C#N)n1. The second kappa shape index (κ2) is 5.22. The van der Waals surface area contributed by atoms with Gasteiger partial charge in [0.25, 0.3) is 0 Å². The van der Waals surface area contributed by atoms with Gasteiger partial charge in [-0.2, -0.15) is 10.4 Å². The van der Waals surface area contributed by atoms with Gasteiger partial charge < -0.3 is 10.8 Å². The number of phenolic OH excluding ortho intramolecular Hbond substituents is 1. The van der Waals surface area contributed by atoms with E-state index in [0.717, 1.165) is 0 Å². The number of aromatic hydroxyl groups is 1. The molecule has 22 heavy (non-hydrogen) atoms. The molecule has 2 heterocycles. The summed E-state index contributed by atoms with van der Waals surface area (Å²) in [6.07, 6.45) is 1.79. The van der Waals surface area contributed by atoms with Crippen molar-refractivity contribution in [3.63, 3.8) is 0 Å². The van der Waals surface area contributed by atoms with Crippen LogP contribution >= 0.6 is 0 Å². The molecule has 0 radical (unpaired) electrons. The zero-order valence-corrected chi connectivity index (χ0v) is 11.9. The van der Waals surface area contributed by atoms with Crippen LogP contribution in [0.2, 0.25) is 0 Å². The van der Waals surface area contributed by atoms with Gasteiger partial charge in [0.05, 0.1) is 11.4 Å². The number of nitriles is 1. The number of nitrogens with zero attached hydrogens (tertiary/aromatic N) is 4. The van der Waals surface area contributed by atoms with Crippen molar-refractivity contribution in [2.24, 2.45) is 7.05 Å². The summed E-state index contributed by atoms with van der Waals surface area (Å²) in [6, 6.07) is 12.4. The zero-order valence-electron chi connectivity index (χ0n) is 11.9. The van der Waals surface area contributed by atoms with E-state index in [-0.39, 0.29) is 11.6 Å². The van der Waals surface area contributed by atoms with Crippen molar-refractivity contribution in [2.45, 2.75) is 0 Å². The van der Waals surface area contributed by atoms with Crippen LogP contribution in [-0.4, -0.2) is 19.9 Å². The summed E-state index contributed by atoms with van der Waals surface area (Å²) in [5, 5.41) is 23.3. The molecule has 3 rings (SSSR count). The van der Waals surface area contributed by atoms with Gasteiger partial charge in [0.15, 0.2) is 0 Å². The van der Waals surface area contributed by atoms with E-state index in [9.17, 15) is 10.4 Å². The molecule has 6 nitrogen and oxygen atoms in total.